The fraction of sp³-hybridized carbons (Fsp3) is 0.562. The van der Waals surface area contributed by atoms with Crippen LogP contribution >= 0.6 is 11.8 Å². The van der Waals surface area contributed by atoms with Gasteiger partial charge in [-0.25, -0.2) is 0 Å². The van der Waals surface area contributed by atoms with Crippen LogP contribution in [0.4, 0.5) is 0 Å². The van der Waals surface area contributed by atoms with Crippen molar-refractivity contribution >= 4 is 17.7 Å². The molecule has 0 radical (unpaired) electrons. The number of benzene rings is 1. The zero-order valence-corrected chi connectivity index (χ0v) is 12.7. The van der Waals surface area contributed by atoms with E-state index in [-0.39, 0.29) is 5.25 Å². The lowest BCUT2D eigenvalue weighted by molar-refractivity contribution is -0.127. The Morgan fingerprint density at radius 3 is 2.85 bits per heavy atom. The van der Waals surface area contributed by atoms with Crippen molar-refractivity contribution in [1.82, 2.24) is 4.90 Å². The van der Waals surface area contributed by atoms with Gasteiger partial charge >= 0.3 is 0 Å². The van der Waals surface area contributed by atoms with Crippen LogP contribution in [0.25, 0.3) is 0 Å². The van der Waals surface area contributed by atoms with Gasteiger partial charge in [-0.15, -0.1) is 11.8 Å². The van der Waals surface area contributed by atoms with E-state index < -0.39 is 0 Å². The van der Waals surface area contributed by atoms with Gasteiger partial charge in [0.25, 0.3) is 0 Å². The van der Waals surface area contributed by atoms with Gasteiger partial charge < -0.3 is 9.64 Å². The monoisotopic (exact) mass is 291 g/mol. The molecule has 1 aromatic carbocycles. The summed E-state index contributed by atoms with van der Waals surface area (Å²) in [6, 6.07) is 8.69. The van der Waals surface area contributed by atoms with E-state index in [0.29, 0.717) is 18.6 Å². The largest absolute Gasteiger partial charge is 0.494 e. The predicted octanol–water partition coefficient (Wildman–Crippen LogP) is 3.08. The Morgan fingerprint density at radius 1 is 1.30 bits per heavy atom. The molecule has 1 saturated heterocycles. The zero-order valence-electron chi connectivity index (χ0n) is 11.9. The summed E-state index contributed by atoms with van der Waals surface area (Å²) in [7, 11) is 0. The quantitative estimate of drug-likeness (QED) is 0.806. The fourth-order valence-corrected chi connectivity index (χ4v) is 3.86. The lowest BCUT2D eigenvalue weighted by Gasteiger charge is -2.15. The molecule has 1 atom stereocenters. The molecule has 0 aromatic heterocycles. The zero-order chi connectivity index (χ0) is 13.9. The predicted molar refractivity (Wildman–Crippen MR) is 82.0 cm³/mol. The number of thioether (sulfide) groups is 1. The number of carbonyl (C=O) groups is 1. The summed E-state index contributed by atoms with van der Waals surface area (Å²) in [5, 5.41) is 0.144. The Kier molecular flexibility index (Phi) is 4.20. The molecule has 0 spiro atoms. The van der Waals surface area contributed by atoms with Gasteiger partial charge in [-0.1, -0.05) is 18.2 Å². The normalized spacial score (nSPS) is 22.4. The Bertz CT molecular complexity index is 487. The van der Waals surface area contributed by atoms with Crippen LogP contribution < -0.4 is 4.74 Å². The van der Waals surface area contributed by atoms with E-state index in [1.165, 1.54) is 18.4 Å². The maximum Gasteiger partial charge on any atom is 0.236 e. The molecular weight excluding hydrogens is 270 g/mol. The Hall–Kier alpha value is -1.16. The average Bonchev–Trinajstić information content (AvgIpc) is 3.23. The molecule has 108 valence electrons. The van der Waals surface area contributed by atoms with Crippen LogP contribution in [0, 0.1) is 0 Å². The number of likely N-dealkylation sites (tertiary alicyclic amines) is 1. The maximum atomic E-state index is 12.3. The molecule has 2 fully saturated rings. The van der Waals surface area contributed by atoms with Crippen LogP contribution in [0.3, 0.4) is 0 Å². The molecule has 2 aliphatic rings. The molecule has 0 bridgehead atoms. The summed E-state index contributed by atoms with van der Waals surface area (Å²) in [6.45, 7) is 3.63. The Morgan fingerprint density at radius 2 is 2.10 bits per heavy atom. The van der Waals surface area contributed by atoms with Crippen molar-refractivity contribution in [3.05, 3.63) is 29.8 Å². The Balaban J connectivity index is 1.58. The number of hydrogen-bond acceptors (Lipinski definition) is 3. The second kappa shape index (κ2) is 6.08. The standard InChI is InChI=1S/C16H21NO2S/c1-2-19-14-6-4-3-5-12(14)11-20-15-9-10-17(16(15)18)13-7-8-13/h3-6,13,15H,2,7-11H2,1H3/t15-/m0/s1. The van der Waals surface area contributed by atoms with Crippen LogP contribution in [0.15, 0.2) is 24.3 Å². The first-order valence-corrected chi connectivity index (χ1v) is 8.47. The first-order chi connectivity index (χ1) is 9.79. The van der Waals surface area contributed by atoms with Gasteiger partial charge in [-0.3, -0.25) is 4.79 Å². The lowest BCUT2D eigenvalue weighted by atomic mass is 10.2. The van der Waals surface area contributed by atoms with E-state index in [9.17, 15) is 4.79 Å². The number of para-hydroxylation sites is 1. The molecule has 4 heteroatoms. The van der Waals surface area contributed by atoms with E-state index in [1.807, 2.05) is 25.1 Å². The van der Waals surface area contributed by atoms with Gasteiger partial charge in [-0.05, 0) is 32.3 Å². The molecule has 3 rings (SSSR count). The molecule has 1 aromatic rings. The first-order valence-electron chi connectivity index (χ1n) is 7.42. The highest BCUT2D eigenvalue weighted by molar-refractivity contribution is 7.99. The molecule has 1 heterocycles. The minimum absolute atomic E-state index is 0.144. The minimum atomic E-state index is 0.144. The van der Waals surface area contributed by atoms with Crippen molar-refractivity contribution in [2.45, 2.75) is 43.2 Å². The molecule has 1 aliphatic heterocycles. The molecule has 1 amide bonds. The summed E-state index contributed by atoms with van der Waals surface area (Å²) in [4.78, 5) is 14.4. The highest BCUT2D eigenvalue weighted by atomic mass is 32.2. The summed E-state index contributed by atoms with van der Waals surface area (Å²) in [5.74, 6) is 2.16. The molecule has 0 N–H and O–H groups in total. The van der Waals surface area contributed by atoms with E-state index in [4.69, 9.17) is 4.74 Å². The number of ether oxygens (including phenoxy) is 1. The molecule has 3 nitrogen and oxygen atoms in total. The lowest BCUT2D eigenvalue weighted by Crippen LogP contribution is -2.30. The third-order valence-corrected chi connectivity index (χ3v) is 5.21. The smallest absolute Gasteiger partial charge is 0.236 e. The summed E-state index contributed by atoms with van der Waals surface area (Å²) in [6.07, 6.45) is 3.41. The van der Waals surface area contributed by atoms with Crippen molar-refractivity contribution in [3.8, 4) is 5.75 Å². The third-order valence-electron chi connectivity index (χ3n) is 3.89. The molecule has 20 heavy (non-hydrogen) atoms. The van der Waals surface area contributed by atoms with Crippen LogP contribution in [0.5, 0.6) is 5.75 Å². The first kappa shape index (κ1) is 13.8. The van der Waals surface area contributed by atoms with Crippen LogP contribution in [-0.4, -0.2) is 35.3 Å². The van der Waals surface area contributed by atoms with Crippen LogP contribution in [-0.2, 0) is 10.5 Å². The highest BCUT2D eigenvalue weighted by Gasteiger charge is 2.40. The summed E-state index contributed by atoms with van der Waals surface area (Å²) in [5.41, 5.74) is 1.19. The molecule has 1 saturated carbocycles. The van der Waals surface area contributed by atoms with Gasteiger partial charge in [0.2, 0.25) is 5.91 Å². The average molecular weight is 291 g/mol. The SMILES string of the molecule is CCOc1ccccc1CS[C@H]1CCN(C2CC2)C1=O. The highest BCUT2D eigenvalue weighted by Crippen LogP contribution is 2.36. The number of carbonyl (C=O) groups excluding carboxylic acids is 1. The van der Waals surface area contributed by atoms with Crippen molar-refractivity contribution < 1.29 is 9.53 Å². The molecule has 1 aliphatic carbocycles. The van der Waals surface area contributed by atoms with Crippen molar-refractivity contribution in [3.63, 3.8) is 0 Å². The van der Waals surface area contributed by atoms with Crippen LogP contribution in [0.1, 0.15) is 31.7 Å². The van der Waals surface area contributed by atoms with Gasteiger partial charge in [0.15, 0.2) is 0 Å². The topological polar surface area (TPSA) is 29.5 Å². The van der Waals surface area contributed by atoms with Gasteiger partial charge in [0.1, 0.15) is 5.75 Å². The Labute approximate surface area is 124 Å². The maximum absolute atomic E-state index is 12.3. The van der Waals surface area contributed by atoms with Crippen molar-refractivity contribution in [2.24, 2.45) is 0 Å². The molecule has 0 unspecified atom stereocenters. The molecular formula is C16H21NO2S. The number of nitrogens with zero attached hydrogens (tertiary/aromatic N) is 1. The van der Waals surface area contributed by atoms with Gasteiger partial charge in [-0.2, -0.15) is 0 Å². The van der Waals surface area contributed by atoms with E-state index in [2.05, 4.69) is 11.0 Å². The second-order valence-electron chi connectivity index (χ2n) is 5.39. The fourth-order valence-electron chi connectivity index (χ4n) is 2.69. The minimum Gasteiger partial charge on any atom is -0.494 e. The third kappa shape index (κ3) is 2.95. The van der Waals surface area contributed by atoms with Gasteiger partial charge in [0, 0.05) is 23.9 Å². The van der Waals surface area contributed by atoms with Crippen molar-refractivity contribution in [2.75, 3.05) is 13.2 Å². The number of rotatable bonds is 6. The van der Waals surface area contributed by atoms with E-state index in [0.717, 1.165) is 24.5 Å². The number of hydrogen-bond donors (Lipinski definition) is 0. The van der Waals surface area contributed by atoms with Gasteiger partial charge in [0.05, 0.1) is 11.9 Å². The van der Waals surface area contributed by atoms with E-state index in [1.54, 1.807) is 11.8 Å². The summed E-state index contributed by atoms with van der Waals surface area (Å²) < 4.78 is 5.64. The summed E-state index contributed by atoms with van der Waals surface area (Å²) >= 11 is 1.76. The van der Waals surface area contributed by atoms with Crippen molar-refractivity contribution in [1.29, 1.82) is 0 Å². The van der Waals surface area contributed by atoms with Crippen LogP contribution in [0.2, 0.25) is 0 Å². The number of amides is 1. The second-order valence-corrected chi connectivity index (χ2v) is 6.58. The van der Waals surface area contributed by atoms with E-state index >= 15 is 0 Å².